The molecular weight excluding hydrogens is 294 g/mol. The Morgan fingerprint density at radius 3 is 2.73 bits per heavy atom. The van der Waals surface area contributed by atoms with Crippen molar-refractivity contribution in [3.63, 3.8) is 0 Å². The molecule has 0 aliphatic heterocycles. The van der Waals surface area contributed by atoms with E-state index in [-0.39, 0.29) is 12.1 Å². The van der Waals surface area contributed by atoms with Crippen LogP contribution in [0.15, 0.2) is 28.4 Å². The molecule has 0 spiro atoms. The van der Waals surface area contributed by atoms with Crippen LogP contribution in [0.3, 0.4) is 0 Å². The standard InChI is InChI=1S/C17H15N3OS/c1-10-4-5-13(8-11(10)2)14-9-22-16-15(14)17(21)20(7-6-18)12(3)19-16/h4-5,8-9H,7H2,1-3H3. The molecule has 3 rings (SSSR count). The van der Waals surface area contributed by atoms with Crippen molar-refractivity contribution in [2.45, 2.75) is 27.3 Å². The first-order chi connectivity index (χ1) is 10.5. The molecule has 0 amide bonds. The molecular formula is C17H15N3OS. The van der Waals surface area contributed by atoms with Crippen molar-refractivity contribution in [3.8, 4) is 17.2 Å². The molecule has 0 fully saturated rings. The molecule has 4 nitrogen and oxygen atoms in total. The van der Waals surface area contributed by atoms with Gasteiger partial charge in [0, 0.05) is 10.9 Å². The molecule has 2 aromatic heterocycles. The Balaban J connectivity index is 2.32. The van der Waals surface area contributed by atoms with Gasteiger partial charge >= 0.3 is 0 Å². The normalized spacial score (nSPS) is 10.8. The van der Waals surface area contributed by atoms with Gasteiger partial charge in [-0.2, -0.15) is 5.26 Å². The highest BCUT2D eigenvalue weighted by atomic mass is 32.1. The molecule has 0 atom stereocenters. The number of thiophene rings is 1. The van der Waals surface area contributed by atoms with Crippen LogP contribution in [0, 0.1) is 32.1 Å². The SMILES string of the molecule is Cc1ccc(-c2csc3nc(C)n(CC#N)c(=O)c23)cc1C. The zero-order valence-corrected chi connectivity index (χ0v) is 13.5. The number of hydrogen-bond donors (Lipinski definition) is 0. The second-order valence-electron chi connectivity index (χ2n) is 5.34. The van der Waals surface area contributed by atoms with Crippen molar-refractivity contribution in [2.75, 3.05) is 0 Å². The molecule has 110 valence electrons. The van der Waals surface area contributed by atoms with E-state index < -0.39 is 0 Å². The number of nitriles is 1. The molecule has 5 heteroatoms. The summed E-state index contributed by atoms with van der Waals surface area (Å²) in [6, 6.07) is 8.20. The van der Waals surface area contributed by atoms with E-state index in [9.17, 15) is 4.79 Å². The van der Waals surface area contributed by atoms with Crippen molar-refractivity contribution in [1.29, 1.82) is 5.26 Å². The summed E-state index contributed by atoms with van der Waals surface area (Å²) >= 11 is 1.47. The molecule has 0 saturated carbocycles. The number of fused-ring (bicyclic) bond motifs is 1. The van der Waals surface area contributed by atoms with E-state index in [2.05, 4.69) is 31.0 Å². The third-order valence-corrected chi connectivity index (χ3v) is 4.80. The quantitative estimate of drug-likeness (QED) is 0.727. The van der Waals surface area contributed by atoms with Gasteiger partial charge in [0.2, 0.25) is 0 Å². The molecule has 0 unspecified atom stereocenters. The highest BCUT2D eigenvalue weighted by molar-refractivity contribution is 7.17. The average molecular weight is 309 g/mol. The largest absolute Gasteiger partial charge is 0.282 e. The van der Waals surface area contributed by atoms with Crippen LogP contribution >= 0.6 is 11.3 Å². The van der Waals surface area contributed by atoms with Crippen LogP contribution in [0.2, 0.25) is 0 Å². The molecule has 2 heterocycles. The fourth-order valence-corrected chi connectivity index (χ4v) is 3.49. The second kappa shape index (κ2) is 5.39. The third-order valence-electron chi connectivity index (χ3n) is 3.93. The summed E-state index contributed by atoms with van der Waals surface area (Å²) < 4.78 is 1.43. The van der Waals surface area contributed by atoms with Crippen molar-refractivity contribution >= 4 is 21.6 Å². The Hall–Kier alpha value is -2.45. The topological polar surface area (TPSA) is 58.7 Å². The maximum Gasteiger partial charge on any atom is 0.263 e. The zero-order valence-electron chi connectivity index (χ0n) is 12.7. The number of rotatable bonds is 2. The van der Waals surface area contributed by atoms with Gasteiger partial charge in [0.25, 0.3) is 5.56 Å². The number of benzene rings is 1. The minimum Gasteiger partial charge on any atom is -0.282 e. The van der Waals surface area contributed by atoms with Crippen LogP contribution < -0.4 is 5.56 Å². The monoisotopic (exact) mass is 309 g/mol. The Morgan fingerprint density at radius 2 is 2.05 bits per heavy atom. The van der Waals surface area contributed by atoms with E-state index >= 15 is 0 Å². The fraction of sp³-hybridized carbons (Fsp3) is 0.235. The van der Waals surface area contributed by atoms with Crippen LogP contribution in [0.1, 0.15) is 17.0 Å². The summed E-state index contributed by atoms with van der Waals surface area (Å²) in [5.41, 5.74) is 4.18. The maximum atomic E-state index is 12.7. The summed E-state index contributed by atoms with van der Waals surface area (Å²) in [6.45, 7) is 5.91. The van der Waals surface area contributed by atoms with Gasteiger partial charge < -0.3 is 0 Å². The number of nitrogens with zero attached hydrogens (tertiary/aromatic N) is 3. The molecule has 1 aromatic carbocycles. The van der Waals surface area contributed by atoms with Gasteiger partial charge in [0.1, 0.15) is 17.2 Å². The van der Waals surface area contributed by atoms with E-state index in [4.69, 9.17) is 5.26 Å². The Labute approximate surface area is 132 Å². The number of aromatic nitrogens is 2. The summed E-state index contributed by atoms with van der Waals surface area (Å²) in [5, 5.41) is 11.5. The predicted molar refractivity (Wildman–Crippen MR) is 89.1 cm³/mol. The van der Waals surface area contributed by atoms with E-state index in [1.807, 2.05) is 17.5 Å². The molecule has 0 saturated heterocycles. The van der Waals surface area contributed by atoms with Gasteiger partial charge in [-0.05, 0) is 37.5 Å². The zero-order chi connectivity index (χ0) is 15.9. The lowest BCUT2D eigenvalue weighted by Gasteiger charge is -2.07. The average Bonchev–Trinajstić information content (AvgIpc) is 2.90. The first kappa shape index (κ1) is 14.5. The number of hydrogen-bond acceptors (Lipinski definition) is 4. The van der Waals surface area contributed by atoms with Crippen LogP contribution in [0.5, 0.6) is 0 Å². The maximum absolute atomic E-state index is 12.7. The van der Waals surface area contributed by atoms with Gasteiger partial charge in [-0.3, -0.25) is 9.36 Å². The molecule has 22 heavy (non-hydrogen) atoms. The van der Waals surface area contributed by atoms with E-state index in [0.29, 0.717) is 11.2 Å². The smallest absolute Gasteiger partial charge is 0.263 e. The van der Waals surface area contributed by atoms with Gasteiger partial charge in [-0.15, -0.1) is 11.3 Å². The lowest BCUT2D eigenvalue weighted by atomic mass is 10.0. The van der Waals surface area contributed by atoms with E-state index in [1.54, 1.807) is 6.92 Å². The van der Waals surface area contributed by atoms with E-state index in [0.717, 1.165) is 16.0 Å². The lowest BCUT2D eigenvalue weighted by Crippen LogP contribution is -2.23. The minimum absolute atomic E-state index is 0.0236. The summed E-state index contributed by atoms with van der Waals surface area (Å²) in [4.78, 5) is 17.9. The second-order valence-corrected chi connectivity index (χ2v) is 6.20. The van der Waals surface area contributed by atoms with Crippen LogP contribution in [-0.4, -0.2) is 9.55 Å². The van der Waals surface area contributed by atoms with E-state index in [1.165, 1.54) is 27.0 Å². The van der Waals surface area contributed by atoms with Crippen LogP contribution in [0.25, 0.3) is 21.3 Å². The Kier molecular flexibility index (Phi) is 3.55. The first-order valence-electron chi connectivity index (χ1n) is 6.96. The van der Waals surface area contributed by atoms with Crippen LogP contribution in [-0.2, 0) is 6.54 Å². The third kappa shape index (κ3) is 2.22. The molecule has 0 N–H and O–H groups in total. The molecule has 0 aliphatic carbocycles. The minimum atomic E-state index is -0.140. The Morgan fingerprint density at radius 1 is 1.27 bits per heavy atom. The number of aryl methyl sites for hydroxylation is 3. The molecule has 0 aliphatic rings. The van der Waals surface area contributed by atoms with Gasteiger partial charge in [-0.1, -0.05) is 18.2 Å². The molecule has 3 aromatic rings. The highest BCUT2D eigenvalue weighted by Gasteiger charge is 2.15. The first-order valence-corrected chi connectivity index (χ1v) is 7.84. The summed E-state index contributed by atoms with van der Waals surface area (Å²) in [5.74, 6) is 0.576. The summed E-state index contributed by atoms with van der Waals surface area (Å²) in [7, 11) is 0. The Bertz CT molecular complexity index is 976. The van der Waals surface area contributed by atoms with Crippen molar-refractivity contribution < 1.29 is 0 Å². The molecule has 0 bridgehead atoms. The van der Waals surface area contributed by atoms with Gasteiger partial charge in [0.15, 0.2) is 0 Å². The van der Waals surface area contributed by atoms with Crippen LogP contribution in [0.4, 0.5) is 0 Å². The lowest BCUT2D eigenvalue weighted by molar-refractivity contribution is 0.737. The predicted octanol–water partition coefficient (Wildman–Crippen LogP) is 3.57. The highest BCUT2D eigenvalue weighted by Crippen LogP contribution is 2.31. The van der Waals surface area contributed by atoms with Crippen molar-refractivity contribution in [3.05, 3.63) is 50.9 Å². The van der Waals surface area contributed by atoms with Crippen molar-refractivity contribution in [2.24, 2.45) is 0 Å². The van der Waals surface area contributed by atoms with Gasteiger partial charge in [0.05, 0.1) is 11.5 Å². The van der Waals surface area contributed by atoms with Gasteiger partial charge in [-0.25, -0.2) is 4.98 Å². The fourth-order valence-electron chi connectivity index (χ4n) is 2.50. The van der Waals surface area contributed by atoms with Crippen molar-refractivity contribution in [1.82, 2.24) is 9.55 Å². The summed E-state index contributed by atoms with van der Waals surface area (Å²) in [6.07, 6.45) is 0. The molecule has 0 radical (unpaired) electrons.